The third-order valence-corrected chi connectivity index (χ3v) is 6.44. The molecule has 148 valence electrons. The molecule has 4 heterocycles. The van der Waals surface area contributed by atoms with Crippen LogP contribution in [0.15, 0.2) is 0 Å². The Bertz CT molecular complexity index is 914. The van der Waals surface area contributed by atoms with Crippen LogP contribution in [0.3, 0.4) is 0 Å². The first-order chi connectivity index (χ1) is 13.6. The van der Waals surface area contributed by atoms with E-state index >= 15 is 0 Å². The van der Waals surface area contributed by atoms with Gasteiger partial charge in [-0.3, -0.25) is 9.89 Å². The second-order valence-corrected chi connectivity index (χ2v) is 8.57. The Balaban J connectivity index is 1.42. The fourth-order valence-electron chi connectivity index (χ4n) is 4.89. The number of amides is 1. The van der Waals surface area contributed by atoms with Crippen LogP contribution in [0.4, 0.5) is 5.82 Å². The predicted octanol–water partition coefficient (Wildman–Crippen LogP) is 2.43. The molecule has 7 nitrogen and oxygen atoms in total. The summed E-state index contributed by atoms with van der Waals surface area (Å²) in [4.78, 5) is 27.0. The number of hydrogen-bond donors (Lipinski definition) is 1. The van der Waals surface area contributed by atoms with Crippen molar-refractivity contribution in [2.75, 3.05) is 24.5 Å². The average Bonchev–Trinajstić information content (AvgIpc) is 3.36. The number of aromatic nitrogens is 4. The fraction of sp³-hybridized carbons (Fsp3) is 0.619. The summed E-state index contributed by atoms with van der Waals surface area (Å²) in [6.07, 6.45) is 6.37. The second kappa shape index (κ2) is 6.87. The van der Waals surface area contributed by atoms with E-state index in [1.807, 2.05) is 11.8 Å². The lowest BCUT2D eigenvalue weighted by Crippen LogP contribution is -2.38. The van der Waals surface area contributed by atoms with Crippen LogP contribution in [0.25, 0.3) is 0 Å². The van der Waals surface area contributed by atoms with Crippen molar-refractivity contribution in [2.45, 2.75) is 58.9 Å². The summed E-state index contributed by atoms with van der Waals surface area (Å²) in [6, 6.07) is 0. The molecular weight excluding hydrogens is 352 g/mol. The maximum absolute atomic E-state index is 13.3. The van der Waals surface area contributed by atoms with E-state index in [0.29, 0.717) is 24.7 Å². The molecule has 1 atom stereocenters. The molecule has 1 fully saturated rings. The lowest BCUT2D eigenvalue weighted by molar-refractivity contribution is 0.0724. The van der Waals surface area contributed by atoms with Crippen molar-refractivity contribution in [3.8, 4) is 0 Å². The maximum atomic E-state index is 13.3. The van der Waals surface area contributed by atoms with Crippen LogP contribution < -0.4 is 4.90 Å². The lowest BCUT2D eigenvalue weighted by Gasteiger charge is -2.31. The van der Waals surface area contributed by atoms with Gasteiger partial charge >= 0.3 is 0 Å². The summed E-state index contributed by atoms with van der Waals surface area (Å²) < 4.78 is 0. The van der Waals surface area contributed by atoms with Gasteiger partial charge in [0.2, 0.25) is 0 Å². The molecule has 28 heavy (non-hydrogen) atoms. The quantitative estimate of drug-likeness (QED) is 0.866. The van der Waals surface area contributed by atoms with Crippen molar-refractivity contribution >= 4 is 11.7 Å². The Morgan fingerprint density at radius 1 is 1.11 bits per heavy atom. The summed E-state index contributed by atoms with van der Waals surface area (Å²) in [5.74, 6) is 2.53. The smallest absolute Gasteiger partial charge is 0.275 e. The fourth-order valence-corrected chi connectivity index (χ4v) is 4.89. The Morgan fingerprint density at radius 3 is 2.75 bits per heavy atom. The Labute approximate surface area is 165 Å². The third kappa shape index (κ3) is 2.97. The first kappa shape index (κ1) is 17.6. The minimum atomic E-state index is 0.0382. The minimum Gasteiger partial charge on any atom is -0.356 e. The zero-order valence-electron chi connectivity index (χ0n) is 16.8. The molecule has 7 heteroatoms. The second-order valence-electron chi connectivity index (χ2n) is 8.57. The van der Waals surface area contributed by atoms with Crippen LogP contribution in [0.1, 0.15) is 65.0 Å². The van der Waals surface area contributed by atoms with E-state index in [0.717, 1.165) is 67.4 Å². The predicted molar refractivity (Wildman–Crippen MR) is 106 cm³/mol. The normalized spacial score (nSPS) is 21.6. The van der Waals surface area contributed by atoms with Crippen molar-refractivity contribution in [3.05, 3.63) is 34.0 Å². The van der Waals surface area contributed by atoms with Gasteiger partial charge < -0.3 is 9.80 Å². The molecule has 1 aliphatic carbocycles. The van der Waals surface area contributed by atoms with Crippen molar-refractivity contribution in [1.29, 1.82) is 0 Å². The van der Waals surface area contributed by atoms with Crippen LogP contribution >= 0.6 is 0 Å². The van der Waals surface area contributed by atoms with E-state index in [9.17, 15) is 4.79 Å². The lowest BCUT2D eigenvalue weighted by atomic mass is 9.87. The SMILES string of the molecule is Cc1nc2c(c(N3CCCC3)n1)CCN(C(=O)c1n[nH]c3c1CC(C)CC3)C2. The first-order valence-corrected chi connectivity index (χ1v) is 10.6. The molecule has 1 saturated heterocycles. The number of hydrogen-bond acceptors (Lipinski definition) is 5. The molecule has 1 unspecified atom stereocenters. The van der Waals surface area contributed by atoms with E-state index in [1.54, 1.807) is 0 Å². The monoisotopic (exact) mass is 380 g/mol. The third-order valence-electron chi connectivity index (χ3n) is 6.44. The summed E-state index contributed by atoms with van der Waals surface area (Å²) in [6.45, 7) is 7.60. The highest BCUT2D eigenvalue weighted by atomic mass is 16.2. The molecule has 2 aromatic rings. The Hall–Kier alpha value is -2.44. The summed E-state index contributed by atoms with van der Waals surface area (Å²) in [5, 5.41) is 7.52. The molecule has 2 aromatic heterocycles. The van der Waals surface area contributed by atoms with Crippen LogP contribution in [0, 0.1) is 12.8 Å². The van der Waals surface area contributed by atoms with Gasteiger partial charge in [-0.25, -0.2) is 9.97 Å². The number of anilines is 1. The number of carbonyl (C=O) groups excluding carboxylic acids is 1. The van der Waals surface area contributed by atoms with Gasteiger partial charge in [0, 0.05) is 36.5 Å². The van der Waals surface area contributed by atoms with Crippen LogP contribution in [-0.4, -0.2) is 50.6 Å². The van der Waals surface area contributed by atoms with Crippen LogP contribution in [0.2, 0.25) is 0 Å². The van der Waals surface area contributed by atoms with Crippen molar-refractivity contribution in [3.63, 3.8) is 0 Å². The van der Waals surface area contributed by atoms with E-state index < -0.39 is 0 Å². The van der Waals surface area contributed by atoms with Gasteiger partial charge in [0.05, 0.1) is 12.2 Å². The maximum Gasteiger partial charge on any atom is 0.275 e. The highest BCUT2D eigenvalue weighted by molar-refractivity contribution is 5.94. The topological polar surface area (TPSA) is 78.0 Å². The molecule has 0 aromatic carbocycles. The molecule has 0 saturated carbocycles. The van der Waals surface area contributed by atoms with Gasteiger partial charge in [-0.1, -0.05) is 6.92 Å². The van der Waals surface area contributed by atoms with Gasteiger partial charge in [0.1, 0.15) is 11.6 Å². The summed E-state index contributed by atoms with van der Waals surface area (Å²) in [5.41, 5.74) is 5.14. The van der Waals surface area contributed by atoms with Gasteiger partial charge in [-0.2, -0.15) is 5.10 Å². The number of nitrogens with zero attached hydrogens (tertiary/aromatic N) is 5. The molecular formula is C21H28N6O. The van der Waals surface area contributed by atoms with Crippen molar-refractivity contribution in [2.24, 2.45) is 5.92 Å². The van der Waals surface area contributed by atoms with Crippen molar-refractivity contribution < 1.29 is 4.79 Å². The standard InChI is InChI=1S/C21H28N6O/c1-13-5-6-17-16(11-13)19(25-24-17)21(28)27-10-7-15-18(12-27)22-14(2)23-20(15)26-8-3-4-9-26/h13H,3-12H2,1-2H3,(H,24,25). The number of carbonyl (C=O) groups is 1. The first-order valence-electron chi connectivity index (χ1n) is 10.6. The number of fused-ring (bicyclic) bond motifs is 2. The molecule has 0 radical (unpaired) electrons. The van der Waals surface area contributed by atoms with Gasteiger partial charge in [-0.05, 0) is 51.4 Å². The molecule has 0 spiro atoms. The zero-order chi connectivity index (χ0) is 19.3. The molecule has 1 amide bonds. The van der Waals surface area contributed by atoms with E-state index in [1.165, 1.54) is 18.4 Å². The number of rotatable bonds is 2. The minimum absolute atomic E-state index is 0.0382. The Morgan fingerprint density at radius 2 is 1.93 bits per heavy atom. The van der Waals surface area contributed by atoms with E-state index in [2.05, 4.69) is 22.0 Å². The zero-order valence-corrected chi connectivity index (χ0v) is 16.8. The van der Waals surface area contributed by atoms with Crippen molar-refractivity contribution in [1.82, 2.24) is 25.1 Å². The average molecular weight is 380 g/mol. The number of aromatic amines is 1. The van der Waals surface area contributed by atoms with Crippen LogP contribution in [0.5, 0.6) is 0 Å². The highest BCUT2D eigenvalue weighted by Gasteiger charge is 2.32. The van der Waals surface area contributed by atoms with Gasteiger partial charge in [-0.15, -0.1) is 0 Å². The number of nitrogens with one attached hydrogen (secondary N) is 1. The molecule has 1 N–H and O–H groups in total. The Kier molecular flexibility index (Phi) is 4.33. The van der Waals surface area contributed by atoms with Gasteiger partial charge in [0.15, 0.2) is 5.69 Å². The molecule has 3 aliphatic rings. The summed E-state index contributed by atoms with van der Waals surface area (Å²) >= 11 is 0. The molecule has 2 aliphatic heterocycles. The van der Waals surface area contributed by atoms with E-state index in [4.69, 9.17) is 9.97 Å². The summed E-state index contributed by atoms with van der Waals surface area (Å²) in [7, 11) is 0. The number of aryl methyl sites for hydroxylation is 2. The van der Waals surface area contributed by atoms with Crippen LogP contribution in [-0.2, 0) is 25.8 Å². The molecule has 5 rings (SSSR count). The largest absolute Gasteiger partial charge is 0.356 e. The number of H-pyrrole nitrogens is 1. The van der Waals surface area contributed by atoms with E-state index in [-0.39, 0.29) is 5.91 Å². The van der Waals surface area contributed by atoms with Gasteiger partial charge in [0.25, 0.3) is 5.91 Å². The highest BCUT2D eigenvalue weighted by Crippen LogP contribution is 2.31. The molecule has 0 bridgehead atoms.